The zero-order valence-electron chi connectivity index (χ0n) is 29.7. The summed E-state index contributed by atoms with van der Waals surface area (Å²) in [5.74, 6) is 1.33. The number of aromatic nitrogens is 4. The van der Waals surface area contributed by atoms with E-state index in [1.807, 2.05) is 42.5 Å². The SMILES string of the molecule is c1ccc(-c2cccc(-c3cc(-c4cc(-c5ccccc5)nc(-c5ccccc5)n4)cc(-c4nc(-c5ccccc5)c5sc6ccccc6c5n4)c3)c2)cc1. The van der Waals surface area contributed by atoms with Crippen molar-refractivity contribution in [2.75, 3.05) is 0 Å². The number of nitrogens with zero attached hydrogens (tertiary/aromatic N) is 4. The third-order valence-corrected chi connectivity index (χ3v) is 11.1. The molecule has 5 heteroatoms. The molecule has 0 N–H and O–H groups in total. The Kier molecular flexibility index (Phi) is 8.32. The van der Waals surface area contributed by atoms with Crippen molar-refractivity contribution in [2.45, 2.75) is 0 Å². The molecule has 0 bridgehead atoms. The van der Waals surface area contributed by atoms with Crippen molar-refractivity contribution < 1.29 is 0 Å². The van der Waals surface area contributed by atoms with Gasteiger partial charge in [0, 0.05) is 37.9 Å². The molecule has 10 aromatic rings. The van der Waals surface area contributed by atoms with E-state index in [2.05, 4.69) is 152 Å². The summed E-state index contributed by atoms with van der Waals surface area (Å²) in [6.07, 6.45) is 0. The first-order valence-electron chi connectivity index (χ1n) is 18.3. The van der Waals surface area contributed by atoms with E-state index >= 15 is 0 Å². The third kappa shape index (κ3) is 6.37. The minimum absolute atomic E-state index is 0.665. The minimum atomic E-state index is 0.665. The highest BCUT2D eigenvalue weighted by molar-refractivity contribution is 7.26. The predicted octanol–water partition coefficient (Wildman–Crippen LogP) is 13.3. The van der Waals surface area contributed by atoms with Gasteiger partial charge >= 0.3 is 0 Å². The first kappa shape index (κ1) is 32.6. The lowest BCUT2D eigenvalue weighted by atomic mass is 9.94. The second-order valence-corrected chi connectivity index (χ2v) is 14.5. The van der Waals surface area contributed by atoms with Gasteiger partial charge in [0.2, 0.25) is 0 Å². The molecule has 0 aliphatic carbocycles. The van der Waals surface area contributed by atoms with E-state index in [1.54, 1.807) is 11.3 Å². The molecule has 258 valence electrons. The van der Waals surface area contributed by atoms with Crippen molar-refractivity contribution in [3.05, 3.63) is 194 Å². The number of rotatable bonds is 7. The maximum absolute atomic E-state index is 5.37. The van der Waals surface area contributed by atoms with Crippen LogP contribution in [0, 0.1) is 0 Å². The van der Waals surface area contributed by atoms with Crippen molar-refractivity contribution in [1.29, 1.82) is 0 Å². The summed E-state index contributed by atoms with van der Waals surface area (Å²) in [5, 5.41) is 1.13. The second kappa shape index (κ2) is 14.0. The Morgan fingerprint density at radius 3 is 1.51 bits per heavy atom. The summed E-state index contributed by atoms with van der Waals surface area (Å²) in [5.41, 5.74) is 12.9. The Morgan fingerprint density at radius 2 is 0.800 bits per heavy atom. The highest BCUT2D eigenvalue weighted by atomic mass is 32.1. The van der Waals surface area contributed by atoms with Crippen molar-refractivity contribution in [3.8, 4) is 78.8 Å². The molecule has 0 amide bonds. The van der Waals surface area contributed by atoms with Crippen molar-refractivity contribution in [3.63, 3.8) is 0 Å². The fourth-order valence-corrected chi connectivity index (χ4v) is 8.31. The zero-order chi connectivity index (χ0) is 36.6. The van der Waals surface area contributed by atoms with E-state index in [-0.39, 0.29) is 0 Å². The largest absolute Gasteiger partial charge is 0.228 e. The quantitative estimate of drug-likeness (QED) is 0.164. The first-order valence-corrected chi connectivity index (χ1v) is 19.1. The average Bonchev–Trinajstić information content (AvgIpc) is 3.66. The van der Waals surface area contributed by atoms with Crippen LogP contribution in [0.25, 0.3) is 99.1 Å². The standard InChI is InChI=1S/C50H32N4S/c1-5-16-33(17-6-1)37-24-15-25-38(28-37)39-29-40(44-32-43(34-18-7-2-8-19-34)51-49(52-44)36-22-11-4-12-23-36)31-41(30-39)50-53-46(35-20-9-3-10-21-35)48-47(54-50)42-26-13-14-27-45(42)55-48/h1-32H. The van der Waals surface area contributed by atoms with E-state index in [0.29, 0.717) is 11.6 Å². The molecule has 0 aliphatic rings. The third-order valence-electron chi connectivity index (χ3n) is 9.88. The lowest BCUT2D eigenvalue weighted by Gasteiger charge is -2.14. The fraction of sp³-hybridized carbons (Fsp3) is 0. The highest BCUT2D eigenvalue weighted by Gasteiger charge is 2.19. The van der Waals surface area contributed by atoms with E-state index in [0.717, 1.165) is 77.2 Å². The molecule has 7 aromatic carbocycles. The maximum atomic E-state index is 5.37. The molecule has 0 saturated heterocycles. The van der Waals surface area contributed by atoms with Crippen LogP contribution < -0.4 is 0 Å². The molecule has 0 spiro atoms. The molecule has 10 rings (SSSR count). The van der Waals surface area contributed by atoms with Gasteiger partial charge in [-0.2, -0.15) is 0 Å². The number of benzene rings is 7. The molecule has 0 saturated carbocycles. The summed E-state index contributed by atoms with van der Waals surface area (Å²) in [6.45, 7) is 0. The van der Waals surface area contributed by atoms with Crippen LogP contribution in [0.2, 0.25) is 0 Å². The molecule has 3 aromatic heterocycles. The van der Waals surface area contributed by atoms with Crippen LogP contribution in [0.1, 0.15) is 0 Å². The normalized spacial score (nSPS) is 11.3. The Balaban J connectivity index is 1.23. The topological polar surface area (TPSA) is 51.6 Å². The molecule has 0 atom stereocenters. The molecule has 0 fully saturated rings. The van der Waals surface area contributed by atoms with Crippen LogP contribution in [0.4, 0.5) is 0 Å². The van der Waals surface area contributed by atoms with Crippen LogP contribution in [0.5, 0.6) is 0 Å². The van der Waals surface area contributed by atoms with Gasteiger partial charge in [0.25, 0.3) is 0 Å². The molecular weight excluding hydrogens is 689 g/mol. The van der Waals surface area contributed by atoms with E-state index in [1.165, 1.54) is 10.3 Å². The van der Waals surface area contributed by atoms with Gasteiger partial charge in [-0.05, 0) is 58.7 Å². The Labute approximate surface area is 323 Å². The molecule has 55 heavy (non-hydrogen) atoms. The van der Waals surface area contributed by atoms with Gasteiger partial charge in [-0.1, -0.05) is 158 Å². The molecule has 4 nitrogen and oxygen atoms in total. The average molecular weight is 721 g/mol. The summed E-state index contributed by atoms with van der Waals surface area (Å²) in [6, 6.07) is 67.4. The fourth-order valence-electron chi connectivity index (χ4n) is 7.16. The van der Waals surface area contributed by atoms with Gasteiger partial charge in [-0.3, -0.25) is 0 Å². The molecule has 3 heterocycles. The van der Waals surface area contributed by atoms with E-state index in [9.17, 15) is 0 Å². The predicted molar refractivity (Wildman–Crippen MR) is 229 cm³/mol. The number of hydrogen-bond acceptors (Lipinski definition) is 5. The van der Waals surface area contributed by atoms with E-state index in [4.69, 9.17) is 19.9 Å². The highest BCUT2D eigenvalue weighted by Crippen LogP contribution is 2.41. The Hall–Kier alpha value is -7.08. The summed E-state index contributed by atoms with van der Waals surface area (Å²) in [4.78, 5) is 21.0. The smallest absolute Gasteiger partial charge is 0.160 e. The maximum Gasteiger partial charge on any atom is 0.160 e. The monoisotopic (exact) mass is 720 g/mol. The molecule has 0 radical (unpaired) electrons. The van der Waals surface area contributed by atoms with Gasteiger partial charge in [0.05, 0.1) is 27.3 Å². The molecule has 0 aliphatic heterocycles. The summed E-state index contributed by atoms with van der Waals surface area (Å²) in [7, 11) is 0. The molecular formula is C50H32N4S. The number of fused-ring (bicyclic) bond motifs is 3. The van der Waals surface area contributed by atoms with Gasteiger partial charge in [0.1, 0.15) is 0 Å². The minimum Gasteiger partial charge on any atom is -0.228 e. The van der Waals surface area contributed by atoms with Gasteiger partial charge < -0.3 is 0 Å². The van der Waals surface area contributed by atoms with Crippen LogP contribution in [0.15, 0.2) is 194 Å². The lowest BCUT2D eigenvalue weighted by Crippen LogP contribution is -1.98. The van der Waals surface area contributed by atoms with Crippen LogP contribution in [-0.4, -0.2) is 19.9 Å². The van der Waals surface area contributed by atoms with Crippen molar-refractivity contribution in [2.24, 2.45) is 0 Å². The summed E-state index contributed by atoms with van der Waals surface area (Å²) >= 11 is 1.74. The zero-order valence-corrected chi connectivity index (χ0v) is 30.5. The van der Waals surface area contributed by atoms with Gasteiger partial charge in [-0.15, -0.1) is 11.3 Å². The first-order chi connectivity index (χ1) is 27.2. The van der Waals surface area contributed by atoms with Crippen molar-refractivity contribution in [1.82, 2.24) is 19.9 Å². The van der Waals surface area contributed by atoms with Crippen LogP contribution in [0.3, 0.4) is 0 Å². The Bertz CT molecular complexity index is 2900. The van der Waals surface area contributed by atoms with Gasteiger partial charge in [-0.25, -0.2) is 19.9 Å². The van der Waals surface area contributed by atoms with E-state index < -0.39 is 0 Å². The second-order valence-electron chi connectivity index (χ2n) is 13.5. The lowest BCUT2D eigenvalue weighted by molar-refractivity contribution is 1.18. The van der Waals surface area contributed by atoms with Gasteiger partial charge in [0.15, 0.2) is 11.6 Å². The van der Waals surface area contributed by atoms with Crippen LogP contribution in [-0.2, 0) is 0 Å². The number of hydrogen-bond donors (Lipinski definition) is 0. The summed E-state index contributed by atoms with van der Waals surface area (Å²) < 4.78 is 2.27. The number of thiophene rings is 1. The Morgan fingerprint density at radius 1 is 0.309 bits per heavy atom. The molecule has 0 unspecified atom stereocenters. The van der Waals surface area contributed by atoms with Crippen molar-refractivity contribution >= 4 is 31.6 Å². The van der Waals surface area contributed by atoms with Crippen LogP contribution >= 0.6 is 11.3 Å².